The summed E-state index contributed by atoms with van der Waals surface area (Å²) in [4.78, 5) is 25.5. The standard InChI is InChI=1S/C24H29NO7/c1-16(26)21-8-9-22(28-3)24(29-4)23(21)31-15-20-14-25(10-11-30-20)13-18-6-5-7-19(12-18)32-17(2)27/h5-9,12,20H,10-11,13-15H2,1-4H3. The number of carbonyl (C=O) groups is 2. The second kappa shape index (κ2) is 11.0. The molecular weight excluding hydrogens is 414 g/mol. The number of morpholine rings is 1. The van der Waals surface area contributed by atoms with Crippen LogP contribution >= 0.6 is 0 Å². The number of ketones is 1. The van der Waals surface area contributed by atoms with Crippen LogP contribution in [-0.4, -0.2) is 63.3 Å². The van der Waals surface area contributed by atoms with Gasteiger partial charge >= 0.3 is 5.97 Å². The Kier molecular flexibility index (Phi) is 8.08. The number of nitrogens with zero attached hydrogens (tertiary/aromatic N) is 1. The van der Waals surface area contributed by atoms with Crippen LogP contribution in [0.4, 0.5) is 0 Å². The van der Waals surface area contributed by atoms with Gasteiger partial charge in [0.25, 0.3) is 0 Å². The van der Waals surface area contributed by atoms with Crippen molar-refractivity contribution in [1.82, 2.24) is 4.90 Å². The molecule has 172 valence electrons. The number of Topliss-reactive ketones (excluding diaryl/α,β-unsaturated/α-hetero) is 1. The third kappa shape index (κ3) is 5.99. The van der Waals surface area contributed by atoms with Gasteiger partial charge in [-0.2, -0.15) is 0 Å². The lowest BCUT2D eigenvalue weighted by molar-refractivity contribution is -0.131. The quantitative estimate of drug-likeness (QED) is 0.332. The van der Waals surface area contributed by atoms with Crippen molar-refractivity contribution in [3.63, 3.8) is 0 Å². The van der Waals surface area contributed by atoms with Crippen molar-refractivity contribution in [3.8, 4) is 23.0 Å². The average molecular weight is 443 g/mol. The molecule has 1 aliphatic rings. The molecule has 1 atom stereocenters. The largest absolute Gasteiger partial charge is 0.493 e. The van der Waals surface area contributed by atoms with Gasteiger partial charge in [-0.25, -0.2) is 0 Å². The number of ether oxygens (including phenoxy) is 5. The van der Waals surface area contributed by atoms with Crippen molar-refractivity contribution in [3.05, 3.63) is 47.5 Å². The maximum atomic E-state index is 12.1. The van der Waals surface area contributed by atoms with Crippen LogP contribution in [-0.2, 0) is 16.1 Å². The second-order valence-electron chi connectivity index (χ2n) is 7.51. The molecule has 1 fully saturated rings. The molecular formula is C24H29NO7. The van der Waals surface area contributed by atoms with Gasteiger partial charge in [0.15, 0.2) is 17.3 Å². The molecule has 0 bridgehead atoms. The highest BCUT2D eigenvalue weighted by Gasteiger charge is 2.24. The monoisotopic (exact) mass is 443 g/mol. The normalized spacial score (nSPS) is 16.3. The SMILES string of the molecule is COc1ccc(C(C)=O)c(OCC2CN(Cc3cccc(OC(C)=O)c3)CCO2)c1OC. The first-order chi connectivity index (χ1) is 15.4. The first-order valence-electron chi connectivity index (χ1n) is 10.4. The first kappa shape index (κ1) is 23.6. The van der Waals surface area contributed by atoms with Crippen molar-refractivity contribution in [2.45, 2.75) is 26.5 Å². The van der Waals surface area contributed by atoms with E-state index >= 15 is 0 Å². The Morgan fingerprint density at radius 1 is 1.09 bits per heavy atom. The Morgan fingerprint density at radius 2 is 1.91 bits per heavy atom. The van der Waals surface area contributed by atoms with E-state index in [2.05, 4.69) is 4.90 Å². The van der Waals surface area contributed by atoms with E-state index in [0.717, 1.165) is 12.1 Å². The van der Waals surface area contributed by atoms with E-state index in [4.69, 9.17) is 23.7 Å². The van der Waals surface area contributed by atoms with Gasteiger partial charge in [-0.15, -0.1) is 0 Å². The van der Waals surface area contributed by atoms with Gasteiger partial charge < -0.3 is 23.7 Å². The zero-order valence-electron chi connectivity index (χ0n) is 18.9. The molecule has 0 amide bonds. The van der Waals surface area contributed by atoms with E-state index in [0.29, 0.717) is 48.3 Å². The molecule has 0 N–H and O–H groups in total. The summed E-state index contributed by atoms with van der Waals surface area (Å²) >= 11 is 0. The topological polar surface area (TPSA) is 83.5 Å². The van der Waals surface area contributed by atoms with Crippen LogP contribution in [0.15, 0.2) is 36.4 Å². The molecule has 0 aromatic heterocycles. The highest BCUT2D eigenvalue weighted by atomic mass is 16.6. The molecule has 1 aliphatic heterocycles. The summed E-state index contributed by atoms with van der Waals surface area (Å²) in [6.07, 6.45) is -0.184. The van der Waals surface area contributed by atoms with Gasteiger partial charge in [-0.3, -0.25) is 14.5 Å². The molecule has 0 aliphatic carbocycles. The molecule has 1 heterocycles. The van der Waals surface area contributed by atoms with Gasteiger partial charge in [0, 0.05) is 26.6 Å². The predicted molar refractivity (Wildman–Crippen MR) is 118 cm³/mol. The van der Waals surface area contributed by atoms with Gasteiger partial charge in [0.2, 0.25) is 5.75 Å². The van der Waals surface area contributed by atoms with E-state index in [1.165, 1.54) is 28.1 Å². The smallest absolute Gasteiger partial charge is 0.308 e. The average Bonchev–Trinajstić information content (AvgIpc) is 2.76. The molecule has 0 spiro atoms. The number of carbonyl (C=O) groups excluding carboxylic acids is 2. The Bertz CT molecular complexity index is 959. The minimum absolute atomic E-state index is 0.125. The minimum atomic E-state index is -0.344. The zero-order chi connectivity index (χ0) is 23.1. The highest BCUT2D eigenvalue weighted by molar-refractivity contribution is 5.98. The summed E-state index contributed by atoms with van der Waals surface area (Å²) in [5.74, 6) is 1.30. The Balaban J connectivity index is 1.66. The van der Waals surface area contributed by atoms with E-state index < -0.39 is 0 Å². The zero-order valence-corrected chi connectivity index (χ0v) is 18.9. The molecule has 1 saturated heterocycles. The van der Waals surface area contributed by atoms with E-state index in [-0.39, 0.29) is 24.5 Å². The van der Waals surface area contributed by atoms with Gasteiger partial charge in [0.05, 0.1) is 26.4 Å². The van der Waals surface area contributed by atoms with Crippen molar-refractivity contribution in [1.29, 1.82) is 0 Å². The molecule has 32 heavy (non-hydrogen) atoms. The first-order valence-corrected chi connectivity index (χ1v) is 10.4. The van der Waals surface area contributed by atoms with Crippen LogP contribution in [0.3, 0.4) is 0 Å². The van der Waals surface area contributed by atoms with E-state index in [1.807, 2.05) is 18.2 Å². The molecule has 1 unspecified atom stereocenters. The van der Waals surface area contributed by atoms with Crippen LogP contribution in [0.2, 0.25) is 0 Å². The number of hydrogen-bond acceptors (Lipinski definition) is 8. The molecule has 0 saturated carbocycles. The number of rotatable bonds is 9. The number of methoxy groups -OCH3 is 2. The lowest BCUT2D eigenvalue weighted by atomic mass is 10.1. The van der Waals surface area contributed by atoms with Crippen LogP contribution < -0.4 is 18.9 Å². The summed E-state index contributed by atoms with van der Waals surface area (Å²) in [6, 6.07) is 10.8. The Hall–Kier alpha value is -3.10. The van der Waals surface area contributed by atoms with Crippen molar-refractivity contribution in [2.24, 2.45) is 0 Å². The van der Waals surface area contributed by atoms with E-state index in [1.54, 1.807) is 18.2 Å². The molecule has 8 nitrogen and oxygen atoms in total. The Labute approximate surface area is 188 Å². The molecule has 8 heteroatoms. The van der Waals surface area contributed by atoms with Crippen LogP contribution in [0.1, 0.15) is 29.8 Å². The molecule has 2 aromatic carbocycles. The fraction of sp³-hybridized carbons (Fsp3) is 0.417. The minimum Gasteiger partial charge on any atom is -0.493 e. The van der Waals surface area contributed by atoms with Crippen LogP contribution in [0.5, 0.6) is 23.0 Å². The second-order valence-corrected chi connectivity index (χ2v) is 7.51. The Morgan fingerprint density at radius 3 is 2.59 bits per heavy atom. The van der Waals surface area contributed by atoms with Crippen molar-refractivity contribution in [2.75, 3.05) is 40.5 Å². The summed E-state index contributed by atoms with van der Waals surface area (Å²) < 4.78 is 27.9. The highest BCUT2D eigenvalue weighted by Crippen LogP contribution is 2.40. The predicted octanol–water partition coefficient (Wildman–Crippen LogP) is 3.11. The van der Waals surface area contributed by atoms with Gasteiger partial charge in [-0.05, 0) is 36.8 Å². The summed E-state index contributed by atoms with van der Waals surface area (Å²) in [5.41, 5.74) is 1.47. The summed E-state index contributed by atoms with van der Waals surface area (Å²) in [6.45, 7) is 5.80. The fourth-order valence-corrected chi connectivity index (χ4v) is 3.65. The number of benzene rings is 2. The lowest BCUT2D eigenvalue weighted by Crippen LogP contribution is -2.44. The van der Waals surface area contributed by atoms with Crippen molar-refractivity contribution < 1.29 is 33.3 Å². The number of esters is 1. The summed E-state index contributed by atoms with van der Waals surface area (Å²) in [5, 5.41) is 0. The number of hydrogen-bond donors (Lipinski definition) is 0. The van der Waals surface area contributed by atoms with Crippen LogP contribution in [0, 0.1) is 0 Å². The van der Waals surface area contributed by atoms with Gasteiger partial charge in [0.1, 0.15) is 18.5 Å². The van der Waals surface area contributed by atoms with E-state index in [9.17, 15) is 9.59 Å². The molecule has 2 aromatic rings. The van der Waals surface area contributed by atoms with Gasteiger partial charge in [-0.1, -0.05) is 12.1 Å². The van der Waals surface area contributed by atoms with Crippen molar-refractivity contribution >= 4 is 11.8 Å². The molecule has 0 radical (unpaired) electrons. The molecule has 3 rings (SSSR count). The lowest BCUT2D eigenvalue weighted by Gasteiger charge is -2.33. The maximum absolute atomic E-state index is 12.1. The van der Waals surface area contributed by atoms with Crippen LogP contribution in [0.25, 0.3) is 0 Å². The summed E-state index contributed by atoms with van der Waals surface area (Å²) in [7, 11) is 3.05. The fourth-order valence-electron chi connectivity index (χ4n) is 3.65. The third-order valence-electron chi connectivity index (χ3n) is 5.08. The maximum Gasteiger partial charge on any atom is 0.308 e. The third-order valence-corrected chi connectivity index (χ3v) is 5.08.